The highest BCUT2D eigenvalue weighted by Gasteiger charge is 2.38. The fraction of sp³-hybridized carbons (Fsp3) is 0.462. The van der Waals surface area contributed by atoms with Crippen LogP contribution in [0.3, 0.4) is 0 Å². The van der Waals surface area contributed by atoms with Crippen molar-refractivity contribution >= 4 is 11.6 Å². The first kappa shape index (κ1) is 11.3. The van der Waals surface area contributed by atoms with Crippen LogP contribution in [0.5, 0.6) is 5.75 Å². The Hall–Kier alpha value is -1.20. The summed E-state index contributed by atoms with van der Waals surface area (Å²) in [6.07, 6.45) is 4.01. The predicted octanol–water partition coefficient (Wildman–Crippen LogP) is 3.68. The van der Waals surface area contributed by atoms with Gasteiger partial charge in [-0.1, -0.05) is 24.4 Å². The van der Waals surface area contributed by atoms with Gasteiger partial charge in [-0.3, -0.25) is 0 Å². The maximum Gasteiger partial charge on any atom is 0.123 e. The third-order valence-corrected chi connectivity index (χ3v) is 3.58. The number of nitrogens with zero attached hydrogens (tertiary/aromatic N) is 1. The largest absolute Gasteiger partial charge is 0.496 e. The van der Waals surface area contributed by atoms with Crippen LogP contribution in [-0.4, -0.2) is 7.11 Å². The van der Waals surface area contributed by atoms with Crippen molar-refractivity contribution in [2.45, 2.75) is 31.1 Å². The van der Waals surface area contributed by atoms with Gasteiger partial charge in [-0.05, 0) is 31.0 Å². The SMILES string of the molecule is COc1ccc(Cl)cc1C1(C#N)CCCC1. The monoisotopic (exact) mass is 235 g/mol. The summed E-state index contributed by atoms with van der Waals surface area (Å²) in [6.45, 7) is 0. The molecule has 84 valence electrons. The first-order valence-electron chi connectivity index (χ1n) is 5.47. The van der Waals surface area contributed by atoms with Gasteiger partial charge in [-0.25, -0.2) is 0 Å². The zero-order chi connectivity index (χ0) is 11.6. The second-order valence-corrected chi connectivity index (χ2v) is 4.68. The van der Waals surface area contributed by atoms with Crippen molar-refractivity contribution in [1.82, 2.24) is 0 Å². The Kier molecular flexibility index (Phi) is 3.07. The molecule has 1 aromatic carbocycles. The van der Waals surface area contributed by atoms with Crippen molar-refractivity contribution in [2.75, 3.05) is 7.11 Å². The number of hydrogen-bond donors (Lipinski definition) is 0. The van der Waals surface area contributed by atoms with Crippen molar-refractivity contribution in [3.05, 3.63) is 28.8 Å². The normalized spacial score (nSPS) is 18.1. The minimum Gasteiger partial charge on any atom is -0.496 e. The van der Waals surface area contributed by atoms with E-state index in [2.05, 4.69) is 6.07 Å². The molecule has 0 atom stereocenters. The maximum absolute atomic E-state index is 9.43. The average molecular weight is 236 g/mol. The highest BCUT2D eigenvalue weighted by molar-refractivity contribution is 6.30. The van der Waals surface area contributed by atoms with E-state index in [1.54, 1.807) is 13.2 Å². The van der Waals surface area contributed by atoms with E-state index in [9.17, 15) is 5.26 Å². The van der Waals surface area contributed by atoms with Gasteiger partial charge in [-0.15, -0.1) is 0 Å². The smallest absolute Gasteiger partial charge is 0.123 e. The molecule has 0 amide bonds. The van der Waals surface area contributed by atoms with Gasteiger partial charge < -0.3 is 4.74 Å². The van der Waals surface area contributed by atoms with Crippen LogP contribution in [0.15, 0.2) is 18.2 Å². The van der Waals surface area contributed by atoms with Crippen LogP contribution in [0.1, 0.15) is 31.2 Å². The Labute approximate surface area is 101 Å². The summed E-state index contributed by atoms with van der Waals surface area (Å²) >= 11 is 6.01. The molecule has 1 fully saturated rings. The molecule has 0 radical (unpaired) electrons. The molecule has 1 aromatic rings. The summed E-state index contributed by atoms with van der Waals surface area (Å²) < 4.78 is 5.33. The number of methoxy groups -OCH3 is 1. The summed E-state index contributed by atoms with van der Waals surface area (Å²) in [5.74, 6) is 0.771. The van der Waals surface area contributed by atoms with E-state index in [0.717, 1.165) is 37.0 Å². The lowest BCUT2D eigenvalue weighted by atomic mass is 9.80. The van der Waals surface area contributed by atoms with E-state index >= 15 is 0 Å². The molecular weight excluding hydrogens is 222 g/mol. The van der Waals surface area contributed by atoms with E-state index in [0.29, 0.717) is 5.02 Å². The summed E-state index contributed by atoms with van der Waals surface area (Å²) in [5, 5.41) is 10.1. The van der Waals surface area contributed by atoms with Crippen molar-refractivity contribution in [1.29, 1.82) is 5.26 Å². The van der Waals surface area contributed by atoms with Gasteiger partial charge in [0.2, 0.25) is 0 Å². The minimum absolute atomic E-state index is 0.393. The van der Waals surface area contributed by atoms with Crippen molar-refractivity contribution in [3.8, 4) is 11.8 Å². The molecule has 2 nitrogen and oxygen atoms in total. The Morgan fingerprint density at radius 2 is 2.06 bits per heavy atom. The summed E-state index contributed by atoms with van der Waals surface area (Å²) in [6, 6.07) is 7.96. The molecule has 0 aliphatic heterocycles. The standard InChI is InChI=1S/C13H14ClNO/c1-16-12-5-4-10(14)8-11(12)13(9-15)6-2-3-7-13/h4-5,8H,2-3,6-7H2,1H3. The first-order valence-corrected chi connectivity index (χ1v) is 5.85. The zero-order valence-electron chi connectivity index (χ0n) is 9.29. The van der Waals surface area contributed by atoms with Gasteiger partial charge >= 0.3 is 0 Å². The van der Waals surface area contributed by atoms with Crippen molar-refractivity contribution in [2.24, 2.45) is 0 Å². The van der Waals surface area contributed by atoms with Gasteiger partial charge in [0.25, 0.3) is 0 Å². The van der Waals surface area contributed by atoms with Gasteiger partial charge in [0, 0.05) is 10.6 Å². The van der Waals surface area contributed by atoms with Crippen LogP contribution in [0.25, 0.3) is 0 Å². The molecule has 2 rings (SSSR count). The third kappa shape index (κ3) is 1.76. The summed E-state index contributed by atoms with van der Waals surface area (Å²) in [7, 11) is 1.63. The Bertz CT molecular complexity index is 430. The number of nitriles is 1. The molecule has 0 aromatic heterocycles. The average Bonchev–Trinajstić information content (AvgIpc) is 2.78. The lowest BCUT2D eigenvalue weighted by Crippen LogP contribution is -2.20. The molecule has 0 bridgehead atoms. The lowest BCUT2D eigenvalue weighted by Gasteiger charge is -2.23. The van der Waals surface area contributed by atoms with Crippen LogP contribution < -0.4 is 4.74 Å². The Morgan fingerprint density at radius 1 is 1.38 bits per heavy atom. The quantitative estimate of drug-likeness (QED) is 0.783. The number of ether oxygens (including phenoxy) is 1. The second-order valence-electron chi connectivity index (χ2n) is 4.25. The van der Waals surface area contributed by atoms with Gasteiger partial charge in [-0.2, -0.15) is 5.26 Å². The number of halogens is 1. The van der Waals surface area contributed by atoms with Crippen LogP contribution in [0.4, 0.5) is 0 Å². The van der Waals surface area contributed by atoms with Gasteiger partial charge in [0.15, 0.2) is 0 Å². The summed E-state index contributed by atoms with van der Waals surface area (Å²) in [4.78, 5) is 0. The van der Waals surface area contributed by atoms with Crippen molar-refractivity contribution < 1.29 is 4.74 Å². The van der Waals surface area contributed by atoms with Crippen LogP contribution >= 0.6 is 11.6 Å². The molecule has 0 N–H and O–H groups in total. The predicted molar refractivity (Wildman–Crippen MR) is 63.8 cm³/mol. The highest BCUT2D eigenvalue weighted by Crippen LogP contribution is 2.44. The highest BCUT2D eigenvalue weighted by atomic mass is 35.5. The molecule has 1 aliphatic carbocycles. The Morgan fingerprint density at radius 3 is 2.62 bits per heavy atom. The maximum atomic E-state index is 9.43. The minimum atomic E-state index is -0.393. The Balaban J connectivity index is 2.53. The number of rotatable bonds is 2. The van der Waals surface area contributed by atoms with E-state index < -0.39 is 5.41 Å². The van der Waals surface area contributed by atoms with E-state index in [4.69, 9.17) is 16.3 Å². The summed E-state index contributed by atoms with van der Waals surface area (Å²) in [5.41, 5.74) is 0.554. The third-order valence-electron chi connectivity index (χ3n) is 3.35. The van der Waals surface area contributed by atoms with E-state index in [-0.39, 0.29) is 0 Å². The van der Waals surface area contributed by atoms with Gasteiger partial charge in [0.1, 0.15) is 5.75 Å². The van der Waals surface area contributed by atoms with Crippen molar-refractivity contribution in [3.63, 3.8) is 0 Å². The van der Waals surface area contributed by atoms with Gasteiger partial charge in [0.05, 0.1) is 18.6 Å². The molecule has 3 heteroatoms. The molecule has 0 heterocycles. The molecule has 0 spiro atoms. The zero-order valence-corrected chi connectivity index (χ0v) is 10.0. The van der Waals surface area contributed by atoms with Crippen LogP contribution in [0.2, 0.25) is 5.02 Å². The van der Waals surface area contributed by atoms with Crippen LogP contribution in [0, 0.1) is 11.3 Å². The first-order chi connectivity index (χ1) is 7.72. The number of benzene rings is 1. The topological polar surface area (TPSA) is 33.0 Å². The molecule has 0 unspecified atom stereocenters. The lowest BCUT2D eigenvalue weighted by molar-refractivity contribution is 0.397. The molecule has 1 aliphatic rings. The van der Waals surface area contributed by atoms with E-state index in [1.165, 1.54) is 0 Å². The van der Waals surface area contributed by atoms with E-state index in [1.807, 2.05) is 12.1 Å². The molecule has 1 saturated carbocycles. The number of hydrogen-bond acceptors (Lipinski definition) is 2. The molecule has 16 heavy (non-hydrogen) atoms. The fourth-order valence-electron chi connectivity index (χ4n) is 2.47. The molecular formula is C13H14ClNO. The molecule has 0 saturated heterocycles. The second kappa shape index (κ2) is 4.35. The van der Waals surface area contributed by atoms with Crippen LogP contribution in [-0.2, 0) is 5.41 Å². The fourth-order valence-corrected chi connectivity index (χ4v) is 2.65.